The summed E-state index contributed by atoms with van der Waals surface area (Å²) in [7, 11) is 0. The van der Waals surface area contributed by atoms with E-state index >= 15 is 0 Å². The number of rotatable bonds is 6. The molecule has 1 aromatic rings. The normalized spacial score (nSPS) is 15.1. The fraction of sp³-hybridized carbons (Fsp3) is 0.727. The molecular weight excluding hydrogens is 268 g/mol. The summed E-state index contributed by atoms with van der Waals surface area (Å²) in [5.41, 5.74) is 4.06. The summed E-state index contributed by atoms with van der Waals surface area (Å²) in [5.74, 6) is 6.14. The molecular formula is C11H21BrN4. The average molecular weight is 289 g/mol. The Hall–Kier alpha value is -0.390. The molecule has 2 unspecified atom stereocenters. The first kappa shape index (κ1) is 13.7. The van der Waals surface area contributed by atoms with Crippen LogP contribution in [0.4, 0.5) is 0 Å². The Balaban J connectivity index is 3.02. The van der Waals surface area contributed by atoms with Gasteiger partial charge in [0, 0.05) is 6.54 Å². The second-order valence-electron chi connectivity index (χ2n) is 4.13. The number of aromatic nitrogens is 2. The van der Waals surface area contributed by atoms with Crippen molar-refractivity contribution in [2.24, 2.45) is 11.8 Å². The molecule has 16 heavy (non-hydrogen) atoms. The van der Waals surface area contributed by atoms with Gasteiger partial charge in [-0.25, -0.2) is 0 Å². The van der Waals surface area contributed by atoms with E-state index in [2.05, 4.69) is 47.2 Å². The number of nitrogens with zero attached hydrogens (tertiary/aromatic N) is 2. The van der Waals surface area contributed by atoms with E-state index in [4.69, 9.17) is 5.84 Å². The van der Waals surface area contributed by atoms with Crippen molar-refractivity contribution in [2.75, 3.05) is 0 Å². The van der Waals surface area contributed by atoms with Gasteiger partial charge in [0.05, 0.1) is 22.4 Å². The number of aryl methyl sites for hydroxylation is 1. The minimum atomic E-state index is 0.147. The highest BCUT2D eigenvalue weighted by molar-refractivity contribution is 9.10. The molecule has 1 rings (SSSR count). The number of hydrazine groups is 1. The highest BCUT2D eigenvalue weighted by atomic mass is 79.9. The fourth-order valence-electron chi connectivity index (χ4n) is 1.82. The van der Waals surface area contributed by atoms with Crippen molar-refractivity contribution in [1.82, 2.24) is 15.2 Å². The van der Waals surface area contributed by atoms with Crippen LogP contribution in [0.25, 0.3) is 0 Å². The first-order chi connectivity index (χ1) is 7.65. The van der Waals surface area contributed by atoms with Crippen LogP contribution in [0.3, 0.4) is 0 Å². The number of hydrogen-bond donors (Lipinski definition) is 2. The van der Waals surface area contributed by atoms with Gasteiger partial charge in [-0.05, 0) is 28.3 Å². The van der Waals surface area contributed by atoms with Crippen molar-refractivity contribution in [2.45, 2.75) is 46.2 Å². The largest absolute Gasteiger partial charge is 0.271 e. The van der Waals surface area contributed by atoms with E-state index in [0.29, 0.717) is 5.92 Å². The van der Waals surface area contributed by atoms with Crippen molar-refractivity contribution in [3.8, 4) is 0 Å². The molecule has 0 fully saturated rings. The van der Waals surface area contributed by atoms with Gasteiger partial charge >= 0.3 is 0 Å². The number of halogens is 1. The minimum absolute atomic E-state index is 0.147. The van der Waals surface area contributed by atoms with Gasteiger partial charge in [0.25, 0.3) is 0 Å². The Labute approximate surface area is 106 Å². The molecule has 0 amide bonds. The molecule has 0 saturated carbocycles. The molecule has 0 aromatic carbocycles. The van der Waals surface area contributed by atoms with Crippen LogP contribution in [-0.4, -0.2) is 9.78 Å². The van der Waals surface area contributed by atoms with Crippen LogP contribution in [0.15, 0.2) is 10.7 Å². The average Bonchev–Trinajstić information content (AvgIpc) is 2.63. The zero-order valence-electron chi connectivity index (χ0n) is 10.2. The highest BCUT2D eigenvalue weighted by Gasteiger charge is 2.23. The SMILES string of the molecule is CCCn1ncc(Br)c1C(NN)C(C)CC. The Morgan fingerprint density at radius 2 is 2.25 bits per heavy atom. The van der Waals surface area contributed by atoms with Gasteiger partial charge in [-0.2, -0.15) is 5.10 Å². The Kier molecular flexibility index (Phi) is 5.44. The van der Waals surface area contributed by atoms with E-state index in [1.54, 1.807) is 0 Å². The molecule has 1 heterocycles. The van der Waals surface area contributed by atoms with E-state index in [1.165, 1.54) is 0 Å². The van der Waals surface area contributed by atoms with Crippen molar-refractivity contribution in [1.29, 1.82) is 0 Å². The van der Waals surface area contributed by atoms with Crippen LogP contribution in [0.2, 0.25) is 0 Å². The zero-order valence-corrected chi connectivity index (χ0v) is 11.8. The molecule has 4 nitrogen and oxygen atoms in total. The summed E-state index contributed by atoms with van der Waals surface area (Å²) in [5, 5.41) is 4.37. The van der Waals surface area contributed by atoms with Crippen LogP contribution in [-0.2, 0) is 6.54 Å². The molecule has 92 valence electrons. The Morgan fingerprint density at radius 3 is 2.75 bits per heavy atom. The van der Waals surface area contributed by atoms with Crippen LogP contribution >= 0.6 is 15.9 Å². The molecule has 0 aliphatic carbocycles. The Morgan fingerprint density at radius 1 is 1.56 bits per heavy atom. The smallest absolute Gasteiger partial charge is 0.0711 e. The number of nitrogens with one attached hydrogen (secondary N) is 1. The monoisotopic (exact) mass is 288 g/mol. The first-order valence-corrected chi connectivity index (χ1v) is 6.62. The molecule has 0 aliphatic rings. The number of nitrogens with two attached hydrogens (primary N) is 1. The first-order valence-electron chi connectivity index (χ1n) is 5.82. The van der Waals surface area contributed by atoms with Crippen molar-refractivity contribution in [3.63, 3.8) is 0 Å². The molecule has 0 saturated heterocycles. The lowest BCUT2D eigenvalue weighted by Gasteiger charge is -2.23. The van der Waals surface area contributed by atoms with Gasteiger partial charge in [0.15, 0.2) is 0 Å². The van der Waals surface area contributed by atoms with Gasteiger partial charge in [-0.3, -0.25) is 16.0 Å². The fourth-order valence-corrected chi connectivity index (χ4v) is 2.36. The molecule has 2 atom stereocenters. The van der Waals surface area contributed by atoms with Crippen molar-refractivity contribution in [3.05, 3.63) is 16.4 Å². The van der Waals surface area contributed by atoms with E-state index in [-0.39, 0.29) is 6.04 Å². The van der Waals surface area contributed by atoms with E-state index < -0.39 is 0 Å². The van der Waals surface area contributed by atoms with Gasteiger partial charge in [0.2, 0.25) is 0 Å². The predicted octanol–water partition coefficient (Wildman–Crippen LogP) is 2.61. The third-order valence-corrected chi connectivity index (χ3v) is 3.57. The third-order valence-electron chi connectivity index (χ3n) is 2.96. The molecule has 0 bridgehead atoms. The van der Waals surface area contributed by atoms with Gasteiger partial charge in [0.1, 0.15) is 0 Å². The Bertz CT molecular complexity index is 324. The lowest BCUT2D eigenvalue weighted by Crippen LogP contribution is -2.34. The lowest BCUT2D eigenvalue weighted by atomic mass is 9.97. The highest BCUT2D eigenvalue weighted by Crippen LogP contribution is 2.29. The van der Waals surface area contributed by atoms with E-state index in [0.717, 1.165) is 29.6 Å². The summed E-state index contributed by atoms with van der Waals surface area (Å²) in [6.45, 7) is 7.44. The van der Waals surface area contributed by atoms with Crippen LogP contribution in [0.5, 0.6) is 0 Å². The standard InChI is InChI=1S/C11H21BrN4/c1-4-6-16-11(9(12)7-14-16)10(15-13)8(3)5-2/h7-8,10,15H,4-6,13H2,1-3H3. The summed E-state index contributed by atoms with van der Waals surface area (Å²) < 4.78 is 3.06. The minimum Gasteiger partial charge on any atom is -0.271 e. The van der Waals surface area contributed by atoms with Crippen LogP contribution < -0.4 is 11.3 Å². The predicted molar refractivity (Wildman–Crippen MR) is 69.7 cm³/mol. The molecule has 1 aromatic heterocycles. The van der Waals surface area contributed by atoms with Gasteiger partial charge in [-0.1, -0.05) is 27.2 Å². The van der Waals surface area contributed by atoms with Crippen LogP contribution in [0, 0.1) is 5.92 Å². The lowest BCUT2D eigenvalue weighted by molar-refractivity contribution is 0.355. The van der Waals surface area contributed by atoms with Crippen molar-refractivity contribution < 1.29 is 0 Å². The van der Waals surface area contributed by atoms with Crippen LogP contribution in [0.1, 0.15) is 45.3 Å². The topological polar surface area (TPSA) is 55.9 Å². The summed E-state index contributed by atoms with van der Waals surface area (Å²) in [4.78, 5) is 0. The van der Waals surface area contributed by atoms with Crippen molar-refractivity contribution >= 4 is 15.9 Å². The second kappa shape index (κ2) is 6.37. The third kappa shape index (κ3) is 2.84. The molecule has 3 N–H and O–H groups in total. The van der Waals surface area contributed by atoms with E-state index in [9.17, 15) is 0 Å². The molecule has 0 aliphatic heterocycles. The zero-order chi connectivity index (χ0) is 12.1. The maximum Gasteiger partial charge on any atom is 0.0711 e. The van der Waals surface area contributed by atoms with Gasteiger partial charge < -0.3 is 0 Å². The van der Waals surface area contributed by atoms with E-state index in [1.807, 2.05) is 10.9 Å². The quantitative estimate of drug-likeness (QED) is 0.625. The molecule has 0 spiro atoms. The van der Waals surface area contributed by atoms with Gasteiger partial charge in [-0.15, -0.1) is 0 Å². The molecule has 0 radical (unpaired) electrons. The summed E-state index contributed by atoms with van der Waals surface area (Å²) in [6.07, 6.45) is 4.00. The summed E-state index contributed by atoms with van der Waals surface area (Å²) >= 11 is 3.55. The number of hydrogen-bond acceptors (Lipinski definition) is 3. The second-order valence-corrected chi connectivity index (χ2v) is 4.99. The maximum atomic E-state index is 5.66. The molecule has 5 heteroatoms. The summed E-state index contributed by atoms with van der Waals surface area (Å²) in [6, 6.07) is 0.147. The maximum absolute atomic E-state index is 5.66.